The normalized spacial score (nSPS) is 11.8. The van der Waals surface area contributed by atoms with Crippen molar-refractivity contribution in [3.05, 3.63) is 5.82 Å². The van der Waals surface area contributed by atoms with Crippen molar-refractivity contribution in [2.24, 2.45) is 5.41 Å². The van der Waals surface area contributed by atoms with Crippen LogP contribution in [0.15, 0.2) is 0 Å². The number of aromatic nitrogens is 3. The van der Waals surface area contributed by atoms with Gasteiger partial charge in [-0.3, -0.25) is 9.89 Å². The lowest BCUT2D eigenvalue weighted by Gasteiger charge is -2.28. The second-order valence-electron chi connectivity index (χ2n) is 5.13. The number of nitrogens with zero attached hydrogens (tertiary/aromatic N) is 3. The van der Waals surface area contributed by atoms with Gasteiger partial charge in [0.15, 0.2) is 0 Å². The highest BCUT2D eigenvalue weighted by Crippen LogP contribution is 2.14. The van der Waals surface area contributed by atoms with E-state index in [-0.39, 0.29) is 23.1 Å². The van der Waals surface area contributed by atoms with Crippen molar-refractivity contribution in [1.82, 2.24) is 25.4 Å². The number of rotatable bonds is 5. The number of carbonyl (C=O) groups is 1. The number of hydrogen-bond donors (Lipinski definition) is 3. The van der Waals surface area contributed by atoms with E-state index in [1.807, 2.05) is 14.1 Å². The largest absolute Gasteiger partial charge is 0.366 e. The Morgan fingerprint density at radius 2 is 2.18 bits per heavy atom. The molecule has 1 aromatic heterocycles. The molecule has 1 heterocycles. The van der Waals surface area contributed by atoms with Gasteiger partial charge in [-0.2, -0.15) is 4.98 Å². The van der Waals surface area contributed by atoms with Crippen LogP contribution in [0.2, 0.25) is 0 Å². The van der Waals surface area contributed by atoms with Crippen LogP contribution in [0.3, 0.4) is 0 Å². The second kappa shape index (κ2) is 5.13. The zero-order valence-corrected chi connectivity index (χ0v) is 10.7. The van der Waals surface area contributed by atoms with Crippen LogP contribution in [0.25, 0.3) is 0 Å². The predicted octanol–water partition coefficient (Wildman–Crippen LogP) is -0.295. The summed E-state index contributed by atoms with van der Waals surface area (Å²) in [7, 11) is 4.00. The quantitative estimate of drug-likeness (QED) is 0.656. The van der Waals surface area contributed by atoms with Crippen molar-refractivity contribution < 1.29 is 4.79 Å². The van der Waals surface area contributed by atoms with Crippen LogP contribution in [-0.4, -0.2) is 53.2 Å². The number of anilines is 1. The van der Waals surface area contributed by atoms with Crippen LogP contribution in [0.1, 0.15) is 24.5 Å². The molecule has 17 heavy (non-hydrogen) atoms. The van der Waals surface area contributed by atoms with Crippen LogP contribution < -0.4 is 11.1 Å². The average Bonchev–Trinajstić information content (AvgIpc) is 2.59. The van der Waals surface area contributed by atoms with Gasteiger partial charge in [0.2, 0.25) is 11.8 Å². The molecule has 0 saturated heterocycles. The Hall–Kier alpha value is -1.63. The van der Waals surface area contributed by atoms with Crippen molar-refractivity contribution in [2.45, 2.75) is 13.8 Å². The lowest BCUT2D eigenvalue weighted by Crippen LogP contribution is -2.40. The first-order chi connectivity index (χ1) is 7.80. The molecule has 0 aliphatic rings. The molecule has 0 saturated carbocycles. The number of carbonyl (C=O) groups excluding carboxylic acids is 1. The van der Waals surface area contributed by atoms with E-state index in [4.69, 9.17) is 5.73 Å². The van der Waals surface area contributed by atoms with Gasteiger partial charge in [0.25, 0.3) is 5.91 Å². The van der Waals surface area contributed by atoms with E-state index in [0.29, 0.717) is 6.54 Å². The first-order valence-electron chi connectivity index (χ1n) is 5.41. The summed E-state index contributed by atoms with van der Waals surface area (Å²) in [6.07, 6.45) is 0. The van der Waals surface area contributed by atoms with Crippen LogP contribution in [0.4, 0.5) is 5.95 Å². The fourth-order valence-corrected chi connectivity index (χ4v) is 1.69. The van der Waals surface area contributed by atoms with E-state index in [9.17, 15) is 4.79 Å². The third-order valence-corrected chi connectivity index (χ3v) is 2.19. The maximum atomic E-state index is 11.7. The lowest BCUT2D eigenvalue weighted by atomic mass is 9.93. The first kappa shape index (κ1) is 13.4. The third-order valence-electron chi connectivity index (χ3n) is 2.19. The highest BCUT2D eigenvalue weighted by Gasteiger charge is 2.21. The van der Waals surface area contributed by atoms with E-state index in [1.165, 1.54) is 0 Å². The van der Waals surface area contributed by atoms with Gasteiger partial charge >= 0.3 is 0 Å². The number of nitrogen functional groups attached to an aromatic ring is 1. The molecule has 0 radical (unpaired) electrons. The fraction of sp³-hybridized carbons (Fsp3) is 0.700. The molecule has 1 aromatic rings. The zero-order valence-electron chi connectivity index (χ0n) is 10.7. The van der Waals surface area contributed by atoms with Crippen LogP contribution >= 0.6 is 0 Å². The van der Waals surface area contributed by atoms with Crippen molar-refractivity contribution in [3.8, 4) is 0 Å². The van der Waals surface area contributed by atoms with Gasteiger partial charge in [0.05, 0.1) is 0 Å². The predicted molar refractivity (Wildman–Crippen MR) is 65.5 cm³/mol. The van der Waals surface area contributed by atoms with Crippen molar-refractivity contribution >= 4 is 11.9 Å². The molecule has 0 aromatic carbocycles. The molecule has 96 valence electrons. The van der Waals surface area contributed by atoms with Crippen molar-refractivity contribution in [1.29, 1.82) is 0 Å². The molecule has 0 atom stereocenters. The monoisotopic (exact) mass is 240 g/mol. The smallest absolute Gasteiger partial charge is 0.288 e. The maximum absolute atomic E-state index is 11.7. The van der Waals surface area contributed by atoms with Gasteiger partial charge in [0, 0.05) is 13.1 Å². The number of aromatic amines is 1. The summed E-state index contributed by atoms with van der Waals surface area (Å²) in [5, 5.41) is 8.88. The molecule has 0 spiro atoms. The minimum atomic E-state index is -0.291. The first-order valence-corrected chi connectivity index (χ1v) is 5.41. The third kappa shape index (κ3) is 4.39. The Labute approximate surface area is 101 Å². The average molecular weight is 240 g/mol. The van der Waals surface area contributed by atoms with Crippen LogP contribution in [0.5, 0.6) is 0 Å². The van der Waals surface area contributed by atoms with Crippen molar-refractivity contribution in [3.63, 3.8) is 0 Å². The number of nitrogens with two attached hydrogens (primary N) is 1. The SMILES string of the molecule is CN(C)CC(C)(C)CNC(=O)c1nc(N)n[nH]1. The van der Waals surface area contributed by atoms with Crippen molar-refractivity contribution in [2.75, 3.05) is 32.9 Å². The Morgan fingerprint density at radius 3 is 2.65 bits per heavy atom. The second-order valence-corrected chi connectivity index (χ2v) is 5.13. The van der Waals surface area contributed by atoms with Gasteiger partial charge in [-0.05, 0) is 19.5 Å². The molecule has 0 bridgehead atoms. The molecule has 4 N–H and O–H groups in total. The summed E-state index contributed by atoms with van der Waals surface area (Å²) < 4.78 is 0. The summed E-state index contributed by atoms with van der Waals surface area (Å²) in [6.45, 7) is 5.61. The minimum absolute atomic E-state index is 0.00920. The summed E-state index contributed by atoms with van der Waals surface area (Å²) in [4.78, 5) is 17.5. The van der Waals surface area contributed by atoms with Gasteiger partial charge in [-0.15, -0.1) is 5.10 Å². The molecular formula is C10H20N6O. The molecule has 0 fully saturated rings. The van der Waals surface area contributed by atoms with Gasteiger partial charge in [0.1, 0.15) is 0 Å². The Morgan fingerprint density at radius 1 is 1.53 bits per heavy atom. The molecule has 0 aliphatic heterocycles. The van der Waals surface area contributed by atoms with Gasteiger partial charge in [-0.25, -0.2) is 0 Å². The molecule has 1 rings (SSSR count). The number of H-pyrrole nitrogens is 1. The fourth-order valence-electron chi connectivity index (χ4n) is 1.69. The summed E-state index contributed by atoms with van der Waals surface area (Å²) in [5.74, 6) is -0.0770. The summed E-state index contributed by atoms with van der Waals surface area (Å²) >= 11 is 0. The number of hydrogen-bond acceptors (Lipinski definition) is 5. The number of amides is 1. The summed E-state index contributed by atoms with van der Waals surface area (Å²) in [6, 6.07) is 0. The molecular weight excluding hydrogens is 220 g/mol. The Bertz CT molecular complexity index is 384. The minimum Gasteiger partial charge on any atom is -0.366 e. The topological polar surface area (TPSA) is 99.9 Å². The van der Waals surface area contributed by atoms with Gasteiger partial charge < -0.3 is 16.0 Å². The van der Waals surface area contributed by atoms with E-state index in [2.05, 4.69) is 39.2 Å². The van der Waals surface area contributed by atoms with Gasteiger partial charge in [-0.1, -0.05) is 13.8 Å². The zero-order chi connectivity index (χ0) is 13.1. The highest BCUT2D eigenvalue weighted by atomic mass is 16.2. The Balaban J connectivity index is 2.48. The number of nitrogens with one attached hydrogen (secondary N) is 2. The summed E-state index contributed by atoms with van der Waals surface area (Å²) in [5.41, 5.74) is 5.31. The van der Waals surface area contributed by atoms with E-state index >= 15 is 0 Å². The lowest BCUT2D eigenvalue weighted by molar-refractivity contribution is 0.0919. The van der Waals surface area contributed by atoms with E-state index < -0.39 is 0 Å². The van der Waals surface area contributed by atoms with Crippen LogP contribution in [-0.2, 0) is 0 Å². The van der Waals surface area contributed by atoms with Crippen LogP contribution in [0, 0.1) is 5.41 Å². The molecule has 0 unspecified atom stereocenters. The molecule has 1 amide bonds. The molecule has 7 nitrogen and oxygen atoms in total. The maximum Gasteiger partial charge on any atom is 0.288 e. The van der Waals surface area contributed by atoms with E-state index in [1.54, 1.807) is 0 Å². The highest BCUT2D eigenvalue weighted by molar-refractivity contribution is 5.90. The Kier molecular flexibility index (Phi) is 4.06. The molecule has 0 aliphatic carbocycles. The standard InChI is InChI=1S/C10H20N6O/c1-10(2,6-16(3)4)5-12-8(17)7-13-9(11)15-14-7/h5-6H2,1-4H3,(H,12,17)(H3,11,13,14,15). The van der Waals surface area contributed by atoms with E-state index in [0.717, 1.165) is 6.54 Å². The molecule has 7 heteroatoms.